The quantitative estimate of drug-likeness (QED) is 0.738. The SMILES string of the molecule is Cn1cnnc1SCC(=O)N(c1ccccc1)[C@H]1CCS(=O)(=O)C1. The Hall–Kier alpha value is -1.87. The molecule has 1 aliphatic heterocycles. The van der Waals surface area contributed by atoms with Crippen molar-refractivity contribution in [2.45, 2.75) is 17.6 Å². The van der Waals surface area contributed by atoms with Gasteiger partial charge in [-0.25, -0.2) is 8.42 Å². The fraction of sp³-hybridized carbons (Fsp3) is 0.400. The monoisotopic (exact) mass is 366 g/mol. The molecule has 1 aliphatic rings. The first kappa shape index (κ1) is 17.0. The van der Waals surface area contributed by atoms with Gasteiger partial charge in [0.15, 0.2) is 15.0 Å². The van der Waals surface area contributed by atoms with Gasteiger partial charge in [-0.3, -0.25) is 4.79 Å². The third kappa shape index (κ3) is 3.78. The Balaban J connectivity index is 1.79. The van der Waals surface area contributed by atoms with Crippen LogP contribution in [-0.4, -0.2) is 52.4 Å². The molecule has 3 rings (SSSR count). The zero-order chi connectivity index (χ0) is 17.2. The van der Waals surface area contributed by atoms with E-state index in [2.05, 4.69) is 10.2 Å². The maximum Gasteiger partial charge on any atom is 0.237 e. The summed E-state index contributed by atoms with van der Waals surface area (Å²) in [6, 6.07) is 8.89. The van der Waals surface area contributed by atoms with Gasteiger partial charge in [-0.15, -0.1) is 10.2 Å². The molecule has 0 saturated carbocycles. The summed E-state index contributed by atoms with van der Waals surface area (Å²) in [6.45, 7) is 0. The Labute approximate surface area is 145 Å². The van der Waals surface area contributed by atoms with Gasteiger partial charge in [-0.1, -0.05) is 30.0 Å². The number of aromatic nitrogens is 3. The smallest absolute Gasteiger partial charge is 0.237 e. The van der Waals surface area contributed by atoms with Gasteiger partial charge < -0.3 is 9.47 Å². The van der Waals surface area contributed by atoms with Crippen LogP contribution in [0.4, 0.5) is 5.69 Å². The molecule has 1 amide bonds. The number of para-hydroxylation sites is 1. The van der Waals surface area contributed by atoms with E-state index < -0.39 is 9.84 Å². The van der Waals surface area contributed by atoms with E-state index in [1.807, 2.05) is 37.4 Å². The maximum atomic E-state index is 12.8. The highest BCUT2D eigenvalue weighted by Crippen LogP contribution is 2.26. The Bertz CT molecular complexity index is 820. The molecule has 0 aliphatic carbocycles. The second-order valence-electron chi connectivity index (χ2n) is 5.67. The van der Waals surface area contributed by atoms with Gasteiger partial charge >= 0.3 is 0 Å². The first-order valence-corrected chi connectivity index (χ1v) is 10.3. The van der Waals surface area contributed by atoms with Crippen LogP contribution in [0.25, 0.3) is 0 Å². The number of hydrogen-bond donors (Lipinski definition) is 0. The molecule has 0 bridgehead atoms. The molecule has 2 aromatic rings. The van der Waals surface area contributed by atoms with E-state index in [9.17, 15) is 13.2 Å². The highest BCUT2D eigenvalue weighted by atomic mass is 32.2. The summed E-state index contributed by atoms with van der Waals surface area (Å²) in [5.74, 6) is 0.196. The Kier molecular flexibility index (Phi) is 4.91. The van der Waals surface area contributed by atoms with E-state index in [4.69, 9.17) is 0 Å². The van der Waals surface area contributed by atoms with Crippen molar-refractivity contribution in [3.63, 3.8) is 0 Å². The lowest BCUT2D eigenvalue weighted by molar-refractivity contribution is -0.116. The van der Waals surface area contributed by atoms with Crippen LogP contribution in [0.15, 0.2) is 41.8 Å². The third-order valence-corrected chi connectivity index (χ3v) is 6.64. The van der Waals surface area contributed by atoms with Crippen molar-refractivity contribution in [3.8, 4) is 0 Å². The zero-order valence-corrected chi connectivity index (χ0v) is 14.8. The standard InChI is InChI=1S/C15H18N4O3S2/c1-18-11-16-17-15(18)23-9-14(20)19(12-5-3-2-4-6-12)13-7-8-24(21,22)10-13/h2-6,11,13H,7-10H2,1H3/t13-/m0/s1. The average Bonchev–Trinajstić information content (AvgIpc) is 3.12. The number of hydrogen-bond acceptors (Lipinski definition) is 6. The number of carbonyl (C=O) groups is 1. The Morgan fingerprint density at radius 3 is 2.71 bits per heavy atom. The summed E-state index contributed by atoms with van der Waals surface area (Å²) in [5.41, 5.74) is 0.725. The predicted octanol–water partition coefficient (Wildman–Crippen LogP) is 1.13. The first-order valence-electron chi connectivity index (χ1n) is 7.50. The first-order chi connectivity index (χ1) is 11.5. The Morgan fingerprint density at radius 2 is 2.12 bits per heavy atom. The normalized spacial score (nSPS) is 19.3. The molecule has 9 heteroatoms. The number of amides is 1. The van der Waals surface area contributed by atoms with Crippen LogP contribution in [0.1, 0.15) is 6.42 Å². The van der Waals surface area contributed by atoms with E-state index in [-0.39, 0.29) is 29.2 Å². The van der Waals surface area contributed by atoms with Crippen LogP contribution in [0.5, 0.6) is 0 Å². The van der Waals surface area contributed by atoms with Crippen molar-refractivity contribution >= 4 is 33.2 Å². The second kappa shape index (κ2) is 6.94. The van der Waals surface area contributed by atoms with Crippen molar-refractivity contribution in [2.75, 3.05) is 22.2 Å². The average molecular weight is 366 g/mol. The van der Waals surface area contributed by atoms with Crippen molar-refractivity contribution < 1.29 is 13.2 Å². The molecule has 0 radical (unpaired) electrons. The van der Waals surface area contributed by atoms with Crippen LogP contribution in [0, 0.1) is 0 Å². The van der Waals surface area contributed by atoms with Crippen LogP contribution in [0.3, 0.4) is 0 Å². The minimum absolute atomic E-state index is 0.0161. The summed E-state index contributed by atoms with van der Waals surface area (Å²) < 4.78 is 25.4. The van der Waals surface area contributed by atoms with Gasteiger partial charge in [0.25, 0.3) is 0 Å². The summed E-state index contributed by atoms with van der Waals surface area (Å²) in [6.07, 6.45) is 2.04. The van der Waals surface area contributed by atoms with Crippen molar-refractivity contribution in [2.24, 2.45) is 7.05 Å². The summed E-state index contributed by atoms with van der Waals surface area (Å²) in [4.78, 5) is 14.4. The molecule has 2 heterocycles. The molecule has 1 atom stereocenters. The second-order valence-corrected chi connectivity index (χ2v) is 8.84. The Morgan fingerprint density at radius 1 is 1.38 bits per heavy atom. The minimum Gasteiger partial charge on any atom is -0.312 e. The van der Waals surface area contributed by atoms with Gasteiger partial charge in [0, 0.05) is 12.7 Å². The van der Waals surface area contributed by atoms with Crippen molar-refractivity contribution in [3.05, 3.63) is 36.7 Å². The lowest BCUT2D eigenvalue weighted by Crippen LogP contribution is -2.42. The fourth-order valence-corrected chi connectivity index (χ4v) is 5.17. The van der Waals surface area contributed by atoms with E-state index in [0.29, 0.717) is 11.6 Å². The molecule has 7 nitrogen and oxygen atoms in total. The van der Waals surface area contributed by atoms with Crippen LogP contribution in [0.2, 0.25) is 0 Å². The van der Waals surface area contributed by atoms with Gasteiger partial charge in [0.1, 0.15) is 6.33 Å². The van der Waals surface area contributed by atoms with Crippen LogP contribution >= 0.6 is 11.8 Å². The van der Waals surface area contributed by atoms with Crippen molar-refractivity contribution in [1.29, 1.82) is 0 Å². The fourth-order valence-electron chi connectivity index (χ4n) is 2.73. The van der Waals surface area contributed by atoms with Gasteiger partial charge in [0.2, 0.25) is 5.91 Å². The zero-order valence-electron chi connectivity index (χ0n) is 13.2. The van der Waals surface area contributed by atoms with Gasteiger partial charge in [0.05, 0.1) is 23.3 Å². The van der Waals surface area contributed by atoms with Crippen molar-refractivity contribution in [1.82, 2.24) is 14.8 Å². The maximum absolute atomic E-state index is 12.8. The number of anilines is 1. The lowest BCUT2D eigenvalue weighted by Gasteiger charge is -2.28. The van der Waals surface area contributed by atoms with Crippen LogP contribution in [-0.2, 0) is 21.7 Å². The molecule has 1 aromatic heterocycles. The lowest BCUT2D eigenvalue weighted by atomic mass is 10.2. The molecule has 1 aromatic carbocycles. The molecular weight excluding hydrogens is 348 g/mol. The van der Waals surface area contributed by atoms with E-state index in [1.165, 1.54) is 11.8 Å². The predicted molar refractivity (Wildman–Crippen MR) is 92.7 cm³/mol. The number of benzene rings is 1. The van der Waals surface area contributed by atoms with Crippen LogP contribution < -0.4 is 4.90 Å². The molecule has 0 N–H and O–H groups in total. The molecule has 0 spiro atoms. The number of nitrogens with zero attached hydrogens (tertiary/aromatic N) is 4. The topological polar surface area (TPSA) is 85.2 Å². The highest BCUT2D eigenvalue weighted by molar-refractivity contribution is 7.99. The molecule has 1 fully saturated rings. The number of rotatable bonds is 5. The summed E-state index contributed by atoms with van der Waals surface area (Å²) >= 11 is 1.29. The van der Waals surface area contributed by atoms with E-state index in [1.54, 1.807) is 15.8 Å². The van der Waals surface area contributed by atoms with Gasteiger partial charge in [-0.2, -0.15) is 0 Å². The minimum atomic E-state index is -3.07. The summed E-state index contributed by atoms with van der Waals surface area (Å²) in [5, 5.41) is 8.39. The van der Waals surface area contributed by atoms with E-state index >= 15 is 0 Å². The van der Waals surface area contributed by atoms with Gasteiger partial charge in [-0.05, 0) is 18.6 Å². The number of aryl methyl sites for hydroxylation is 1. The molecule has 24 heavy (non-hydrogen) atoms. The number of sulfone groups is 1. The number of carbonyl (C=O) groups excluding carboxylic acids is 1. The molecule has 0 unspecified atom stereocenters. The number of thioether (sulfide) groups is 1. The molecule has 128 valence electrons. The molecular formula is C15H18N4O3S2. The molecule has 1 saturated heterocycles. The highest BCUT2D eigenvalue weighted by Gasteiger charge is 2.35. The largest absolute Gasteiger partial charge is 0.312 e. The van der Waals surface area contributed by atoms with E-state index in [0.717, 1.165) is 5.69 Å². The summed E-state index contributed by atoms with van der Waals surface area (Å²) in [7, 11) is -1.26. The third-order valence-electron chi connectivity index (χ3n) is 3.87.